The molecule has 122 valence electrons. The minimum atomic E-state index is -0.281. The summed E-state index contributed by atoms with van der Waals surface area (Å²) in [6, 6.07) is 15.4. The van der Waals surface area contributed by atoms with Crippen LogP contribution in [0.1, 0.15) is 28.5 Å². The van der Waals surface area contributed by atoms with Crippen LogP contribution in [-0.4, -0.2) is 23.7 Å². The number of ether oxygens (including phenoxy) is 1. The first kappa shape index (κ1) is 15.8. The zero-order valence-electron chi connectivity index (χ0n) is 13.9. The van der Waals surface area contributed by atoms with Crippen LogP contribution in [0.2, 0.25) is 0 Å². The van der Waals surface area contributed by atoms with Crippen molar-refractivity contribution in [1.29, 1.82) is 0 Å². The summed E-state index contributed by atoms with van der Waals surface area (Å²) < 4.78 is 5.19. The van der Waals surface area contributed by atoms with Crippen molar-refractivity contribution in [3.05, 3.63) is 65.4 Å². The van der Waals surface area contributed by atoms with E-state index < -0.39 is 0 Å². The number of H-pyrrole nitrogens is 1. The maximum atomic E-state index is 12.3. The molecule has 0 bridgehead atoms. The van der Waals surface area contributed by atoms with Gasteiger partial charge in [-0.3, -0.25) is 4.79 Å². The zero-order valence-corrected chi connectivity index (χ0v) is 13.9. The van der Waals surface area contributed by atoms with Gasteiger partial charge in [0.15, 0.2) is 0 Å². The van der Waals surface area contributed by atoms with Crippen LogP contribution >= 0.6 is 0 Å². The first-order chi connectivity index (χ1) is 11.6. The normalized spacial score (nSPS) is 11.5. The Labute approximate surface area is 140 Å². The average Bonchev–Trinajstić information content (AvgIpc) is 3.03. The molecule has 0 fully saturated rings. The van der Waals surface area contributed by atoms with Gasteiger partial charge >= 0.3 is 0 Å². The number of rotatable bonds is 4. The van der Waals surface area contributed by atoms with Gasteiger partial charge in [-0.05, 0) is 43.7 Å². The van der Waals surface area contributed by atoms with Crippen LogP contribution in [0.3, 0.4) is 0 Å². The Bertz CT molecular complexity index is 908. The molecule has 0 saturated heterocycles. The number of fused-ring (bicyclic) bond motifs is 1. The van der Waals surface area contributed by atoms with Crippen LogP contribution in [0.25, 0.3) is 10.9 Å². The number of hydrazone groups is 1. The zero-order chi connectivity index (χ0) is 17.1. The summed E-state index contributed by atoms with van der Waals surface area (Å²) in [6.45, 7) is 3.89. The van der Waals surface area contributed by atoms with E-state index in [4.69, 9.17) is 4.74 Å². The van der Waals surface area contributed by atoms with E-state index in [1.165, 1.54) is 5.56 Å². The van der Waals surface area contributed by atoms with E-state index in [1.807, 2.05) is 56.3 Å². The molecular weight excluding hydrogens is 302 g/mol. The highest BCUT2D eigenvalue weighted by Gasteiger charge is 2.09. The molecule has 3 aromatic rings. The predicted molar refractivity (Wildman–Crippen MR) is 95.7 cm³/mol. The molecule has 1 amide bonds. The number of amides is 1. The van der Waals surface area contributed by atoms with Crippen molar-refractivity contribution in [2.45, 2.75) is 13.8 Å². The molecule has 0 aliphatic heterocycles. The molecule has 0 unspecified atom stereocenters. The lowest BCUT2D eigenvalue weighted by atomic mass is 10.1. The maximum absolute atomic E-state index is 12.3. The Hall–Kier alpha value is -3.08. The van der Waals surface area contributed by atoms with Gasteiger partial charge in [-0.1, -0.05) is 29.8 Å². The van der Waals surface area contributed by atoms with Gasteiger partial charge in [0, 0.05) is 10.9 Å². The van der Waals surface area contributed by atoms with Gasteiger partial charge in [0.05, 0.1) is 12.8 Å². The van der Waals surface area contributed by atoms with Gasteiger partial charge in [-0.25, -0.2) is 5.43 Å². The fourth-order valence-electron chi connectivity index (χ4n) is 2.41. The minimum absolute atomic E-state index is 0.281. The van der Waals surface area contributed by atoms with Crippen LogP contribution < -0.4 is 10.2 Å². The van der Waals surface area contributed by atoms with Gasteiger partial charge in [0.25, 0.3) is 5.91 Å². The number of nitrogens with zero attached hydrogens (tertiary/aromatic N) is 1. The molecule has 0 spiro atoms. The van der Waals surface area contributed by atoms with Crippen LogP contribution in [0.4, 0.5) is 0 Å². The molecule has 2 aromatic carbocycles. The van der Waals surface area contributed by atoms with E-state index in [9.17, 15) is 4.79 Å². The van der Waals surface area contributed by atoms with Crippen molar-refractivity contribution in [2.75, 3.05) is 7.11 Å². The second kappa shape index (κ2) is 6.58. The van der Waals surface area contributed by atoms with Gasteiger partial charge in [-0.15, -0.1) is 0 Å². The number of hydrogen-bond acceptors (Lipinski definition) is 3. The molecule has 0 aliphatic carbocycles. The highest BCUT2D eigenvalue weighted by Crippen LogP contribution is 2.21. The maximum Gasteiger partial charge on any atom is 0.287 e. The van der Waals surface area contributed by atoms with E-state index in [-0.39, 0.29) is 5.91 Å². The van der Waals surface area contributed by atoms with E-state index >= 15 is 0 Å². The van der Waals surface area contributed by atoms with Crippen molar-refractivity contribution in [3.63, 3.8) is 0 Å². The Balaban J connectivity index is 1.77. The smallest absolute Gasteiger partial charge is 0.287 e. The van der Waals surface area contributed by atoms with Gasteiger partial charge in [0.2, 0.25) is 0 Å². The number of aryl methyl sites for hydroxylation is 1. The lowest BCUT2D eigenvalue weighted by molar-refractivity contribution is 0.0950. The average molecular weight is 321 g/mol. The summed E-state index contributed by atoms with van der Waals surface area (Å²) >= 11 is 0. The molecule has 5 nitrogen and oxygen atoms in total. The third kappa shape index (κ3) is 3.30. The molecule has 3 rings (SSSR count). The number of aromatic amines is 1. The standard InChI is InChI=1S/C19H19N3O2/c1-12-4-6-14(7-5-12)13(2)21-22-19(23)18-11-15-10-16(24-3)8-9-17(15)20-18/h4-11,20H,1-3H3,(H,22,23)/b21-13+. The Morgan fingerprint density at radius 1 is 1.12 bits per heavy atom. The van der Waals surface area contributed by atoms with Gasteiger partial charge in [-0.2, -0.15) is 5.10 Å². The van der Waals surface area contributed by atoms with Crippen LogP contribution in [0.5, 0.6) is 5.75 Å². The van der Waals surface area contributed by atoms with Crippen LogP contribution in [-0.2, 0) is 0 Å². The lowest BCUT2D eigenvalue weighted by Crippen LogP contribution is -2.19. The van der Waals surface area contributed by atoms with Crippen molar-refractivity contribution in [3.8, 4) is 5.75 Å². The van der Waals surface area contributed by atoms with E-state index in [1.54, 1.807) is 13.2 Å². The SMILES string of the molecule is COc1ccc2[nH]c(C(=O)N/N=C(\C)c3ccc(C)cc3)cc2c1. The highest BCUT2D eigenvalue weighted by molar-refractivity contribution is 6.01. The third-order valence-electron chi connectivity index (χ3n) is 3.87. The third-order valence-corrected chi connectivity index (χ3v) is 3.87. The van der Waals surface area contributed by atoms with E-state index in [0.29, 0.717) is 5.69 Å². The monoisotopic (exact) mass is 321 g/mol. The number of hydrogen-bond donors (Lipinski definition) is 2. The molecule has 24 heavy (non-hydrogen) atoms. The molecule has 1 aromatic heterocycles. The molecule has 0 saturated carbocycles. The minimum Gasteiger partial charge on any atom is -0.497 e. The molecule has 0 atom stereocenters. The van der Waals surface area contributed by atoms with Crippen molar-refractivity contribution < 1.29 is 9.53 Å². The fourth-order valence-corrected chi connectivity index (χ4v) is 2.41. The summed E-state index contributed by atoms with van der Waals surface area (Å²) in [6.07, 6.45) is 0. The fraction of sp³-hybridized carbons (Fsp3) is 0.158. The van der Waals surface area contributed by atoms with E-state index in [0.717, 1.165) is 27.9 Å². The van der Waals surface area contributed by atoms with Crippen molar-refractivity contribution >= 4 is 22.5 Å². The largest absolute Gasteiger partial charge is 0.497 e. The quantitative estimate of drug-likeness (QED) is 0.569. The molecule has 2 N–H and O–H groups in total. The summed E-state index contributed by atoms with van der Waals surface area (Å²) in [5.41, 5.74) is 6.83. The first-order valence-electron chi connectivity index (χ1n) is 7.65. The van der Waals surface area contributed by atoms with Crippen LogP contribution in [0.15, 0.2) is 53.6 Å². The number of benzene rings is 2. The molecule has 1 heterocycles. The molecular formula is C19H19N3O2. The summed E-state index contributed by atoms with van der Waals surface area (Å²) in [4.78, 5) is 15.4. The number of aromatic nitrogens is 1. The first-order valence-corrected chi connectivity index (χ1v) is 7.65. The number of carbonyl (C=O) groups excluding carboxylic acids is 1. The molecule has 5 heteroatoms. The highest BCUT2D eigenvalue weighted by atomic mass is 16.5. The lowest BCUT2D eigenvalue weighted by Gasteiger charge is -2.02. The summed E-state index contributed by atoms with van der Waals surface area (Å²) in [5.74, 6) is 0.471. The van der Waals surface area contributed by atoms with Gasteiger partial charge in [0.1, 0.15) is 11.4 Å². The number of methoxy groups -OCH3 is 1. The predicted octanol–water partition coefficient (Wildman–Crippen LogP) is 3.64. The topological polar surface area (TPSA) is 66.5 Å². The molecule has 0 radical (unpaired) electrons. The van der Waals surface area contributed by atoms with E-state index in [2.05, 4.69) is 15.5 Å². The van der Waals surface area contributed by atoms with Crippen molar-refractivity contribution in [1.82, 2.24) is 10.4 Å². The second-order valence-corrected chi connectivity index (χ2v) is 5.64. The second-order valence-electron chi connectivity index (χ2n) is 5.64. The molecule has 0 aliphatic rings. The van der Waals surface area contributed by atoms with Crippen molar-refractivity contribution in [2.24, 2.45) is 5.10 Å². The van der Waals surface area contributed by atoms with Gasteiger partial charge < -0.3 is 9.72 Å². The Morgan fingerprint density at radius 2 is 1.88 bits per heavy atom. The number of carbonyl (C=O) groups is 1. The summed E-state index contributed by atoms with van der Waals surface area (Å²) in [7, 11) is 1.62. The Kier molecular flexibility index (Phi) is 4.33. The Morgan fingerprint density at radius 3 is 2.58 bits per heavy atom. The van der Waals surface area contributed by atoms with Crippen LogP contribution in [0, 0.1) is 6.92 Å². The number of nitrogens with one attached hydrogen (secondary N) is 2. The summed E-state index contributed by atoms with van der Waals surface area (Å²) in [5, 5.41) is 5.09.